The molecule has 11 amide bonds. The van der Waals surface area contributed by atoms with Gasteiger partial charge < -0.3 is 81.6 Å². The zero-order valence-corrected chi connectivity index (χ0v) is 45.6. The Kier molecular flexibility index (Phi) is 25.6. The van der Waals surface area contributed by atoms with Crippen LogP contribution in [0.2, 0.25) is 0 Å². The molecule has 27 nitrogen and oxygen atoms in total. The van der Waals surface area contributed by atoms with Crippen molar-refractivity contribution >= 4 is 92.5 Å². The van der Waals surface area contributed by atoms with Gasteiger partial charge in [0.1, 0.15) is 54.1 Å². The number of aromatic hydroxyl groups is 1. The molecule has 2 aliphatic rings. The summed E-state index contributed by atoms with van der Waals surface area (Å²) < 4.78 is 0. The molecule has 432 valence electrons. The SMILES string of the molecule is CC[C@H](C)[C@@H]1NC(=O)[C@H](Cc2ccccc2)NC(=O)[C@@H](N)CSSC[C@@H](C(=O)N2CCC[C@H]2C(=O)N[C@@H](CCCN=C(N)N)C(=O)N[C@@H](Cc2ccc(O)cc2)C(N)=O)NC(=O)[C@H](CC(N)=O)NC(=O)C(CCC(N)=O)NC1=O. The van der Waals surface area contributed by atoms with E-state index in [-0.39, 0.29) is 74.8 Å². The van der Waals surface area contributed by atoms with Gasteiger partial charge in [0.2, 0.25) is 65.0 Å². The molecule has 79 heavy (non-hydrogen) atoms. The third-order valence-electron chi connectivity index (χ3n) is 13.0. The van der Waals surface area contributed by atoms with E-state index >= 15 is 0 Å². The average molecular weight is 1140 g/mol. The Labute approximate surface area is 464 Å². The highest BCUT2D eigenvalue weighted by Crippen LogP contribution is 2.26. The number of aliphatic imine (C=N–C) groups is 1. The van der Waals surface area contributed by atoms with E-state index in [2.05, 4.69) is 42.2 Å². The number of likely N-dealkylation sites (tertiary alicyclic amines) is 1. The number of phenolic OH excluding ortho intramolecular Hbond substituents is 1. The van der Waals surface area contributed by atoms with Crippen molar-refractivity contribution in [2.24, 2.45) is 45.3 Å². The predicted octanol–water partition coefficient (Wildman–Crippen LogP) is -3.99. The van der Waals surface area contributed by atoms with Crippen LogP contribution in [-0.4, -0.2) is 160 Å². The second-order valence-corrected chi connectivity index (χ2v) is 21.7. The van der Waals surface area contributed by atoms with Gasteiger partial charge in [-0.1, -0.05) is 84.3 Å². The van der Waals surface area contributed by atoms with Gasteiger partial charge in [-0.3, -0.25) is 57.7 Å². The minimum Gasteiger partial charge on any atom is -0.508 e. The lowest BCUT2D eigenvalue weighted by atomic mass is 9.96. The Bertz CT molecular complexity index is 2520. The number of guanidine groups is 1. The number of hydrogen-bond donors (Lipinski definition) is 14. The molecule has 29 heteroatoms. The summed E-state index contributed by atoms with van der Waals surface area (Å²) in [6.07, 6.45) is -0.896. The first-order chi connectivity index (χ1) is 37.5. The molecule has 0 radical (unpaired) electrons. The van der Waals surface area contributed by atoms with Gasteiger partial charge in [0, 0.05) is 43.9 Å². The minimum atomic E-state index is -1.79. The fourth-order valence-electron chi connectivity index (χ4n) is 8.46. The Morgan fingerprint density at radius 3 is 2.01 bits per heavy atom. The molecule has 2 saturated heterocycles. The normalized spacial score (nSPS) is 22.9. The molecule has 0 aromatic heterocycles. The summed E-state index contributed by atoms with van der Waals surface area (Å²) >= 11 is 0. The van der Waals surface area contributed by atoms with Gasteiger partial charge in [-0.25, -0.2) is 0 Å². The molecular weight excluding hydrogens is 1070 g/mol. The van der Waals surface area contributed by atoms with Gasteiger partial charge in [0.05, 0.1) is 12.5 Å². The maximum atomic E-state index is 14.8. The summed E-state index contributed by atoms with van der Waals surface area (Å²) in [6.45, 7) is 3.46. The minimum absolute atomic E-state index is 0.0120. The number of primary amides is 3. The van der Waals surface area contributed by atoms with Crippen molar-refractivity contribution in [3.8, 4) is 5.75 Å². The molecule has 2 aliphatic heterocycles. The smallest absolute Gasteiger partial charge is 0.246 e. The molecular formula is C50H73N15O12S2. The van der Waals surface area contributed by atoms with Gasteiger partial charge in [-0.2, -0.15) is 0 Å². The maximum Gasteiger partial charge on any atom is 0.246 e. The van der Waals surface area contributed by atoms with Gasteiger partial charge in [0.25, 0.3) is 0 Å². The van der Waals surface area contributed by atoms with E-state index in [9.17, 15) is 57.8 Å². The quantitative estimate of drug-likeness (QED) is 0.0245. The molecule has 0 bridgehead atoms. The van der Waals surface area contributed by atoms with Crippen molar-refractivity contribution in [3.05, 3.63) is 65.7 Å². The number of rotatable bonds is 21. The van der Waals surface area contributed by atoms with E-state index in [0.717, 1.165) is 21.6 Å². The van der Waals surface area contributed by atoms with Gasteiger partial charge in [-0.15, -0.1) is 0 Å². The average Bonchev–Trinajstić information content (AvgIpc) is 3.92. The van der Waals surface area contributed by atoms with Crippen LogP contribution in [0.15, 0.2) is 59.6 Å². The fraction of sp³-hybridized carbons (Fsp3) is 0.520. The Morgan fingerprint density at radius 1 is 0.747 bits per heavy atom. The van der Waals surface area contributed by atoms with E-state index in [1.54, 1.807) is 44.2 Å². The van der Waals surface area contributed by atoms with Crippen LogP contribution in [0, 0.1) is 5.92 Å². The number of phenols is 1. The number of amides is 11. The van der Waals surface area contributed by atoms with E-state index in [0.29, 0.717) is 17.5 Å². The van der Waals surface area contributed by atoms with Crippen molar-refractivity contribution in [1.29, 1.82) is 0 Å². The van der Waals surface area contributed by atoms with E-state index in [4.69, 9.17) is 34.4 Å². The fourth-order valence-corrected chi connectivity index (χ4v) is 10.7. The molecule has 20 N–H and O–H groups in total. The third kappa shape index (κ3) is 20.9. The summed E-state index contributed by atoms with van der Waals surface area (Å²) in [7, 11) is 2.03. The Hall–Kier alpha value is -7.66. The largest absolute Gasteiger partial charge is 0.508 e. The first kappa shape index (κ1) is 63.9. The number of carbonyl (C=O) groups excluding carboxylic acids is 11. The van der Waals surface area contributed by atoms with Crippen LogP contribution in [0.4, 0.5) is 0 Å². The number of nitrogens with one attached hydrogen (secondary N) is 7. The lowest BCUT2D eigenvalue weighted by Crippen LogP contribution is -2.61. The number of carbonyl (C=O) groups is 11. The van der Waals surface area contributed by atoms with Crippen molar-refractivity contribution in [3.63, 3.8) is 0 Å². The van der Waals surface area contributed by atoms with Crippen LogP contribution in [0.25, 0.3) is 0 Å². The summed E-state index contributed by atoms with van der Waals surface area (Å²) in [5.41, 5.74) is 35.2. The van der Waals surface area contributed by atoms with Crippen LogP contribution in [0.5, 0.6) is 5.75 Å². The molecule has 10 atom stereocenters. The van der Waals surface area contributed by atoms with Crippen molar-refractivity contribution in [2.75, 3.05) is 24.6 Å². The number of nitrogens with two attached hydrogens (primary N) is 6. The molecule has 0 aliphatic carbocycles. The van der Waals surface area contributed by atoms with Gasteiger partial charge in [0.15, 0.2) is 5.96 Å². The maximum absolute atomic E-state index is 14.8. The molecule has 4 rings (SSSR count). The third-order valence-corrected chi connectivity index (χ3v) is 15.5. The van der Waals surface area contributed by atoms with Crippen molar-refractivity contribution < 1.29 is 57.8 Å². The second-order valence-electron chi connectivity index (χ2n) is 19.2. The Balaban J connectivity index is 1.68. The molecule has 2 aromatic rings. The first-order valence-electron chi connectivity index (χ1n) is 25.6. The van der Waals surface area contributed by atoms with Gasteiger partial charge >= 0.3 is 0 Å². The first-order valence-corrected chi connectivity index (χ1v) is 28.1. The lowest BCUT2D eigenvalue weighted by molar-refractivity contribution is -0.142. The highest BCUT2D eigenvalue weighted by atomic mass is 33.1. The molecule has 0 spiro atoms. The van der Waals surface area contributed by atoms with Crippen molar-refractivity contribution in [2.45, 2.75) is 132 Å². The molecule has 0 saturated carbocycles. The van der Waals surface area contributed by atoms with E-state index in [1.807, 2.05) is 0 Å². The van der Waals surface area contributed by atoms with Crippen LogP contribution in [0.1, 0.15) is 76.3 Å². The van der Waals surface area contributed by atoms with Crippen LogP contribution >= 0.6 is 21.6 Å². The molecule has 1 unspecified atom stereocenters. The van der Waals surface area contributed by atoms with Crippen LogP contribution in [0.3, 0.4) is 0 Å². The Morgan fingerprint density at radius 2 is 1.38 bits per heavy atom. The lowest BCUT2D eigenvalue weighted by Gasteiger charge is -2.31. The number of hydrogen-bond acceptors (Lipinski definition) is 16. The zero-order valence-electron chi connectivity index (χ0n) is 44.0. The summed E-state index contributed by atoms with van der Waals surface area (Å²) in [6, 6.07) is 2.07. The molecule has 2 heterocycles. The summed E-state index contributed by atoms with van der Waals surface area (Å²) in [4.78, 5) is 156. The van der Waals surface area contributed by atoms with E-state index < -0.39 is 145 Å². The van der Waals surface area contributed by atoms with E-state index in [1.165, 1.54) is 29.2 Å². The topological polar surface area (TPSA) is 464 Å². The highest BCUT2D eigenvalue weighted by Gasteiger charge is 2.41. The number of benzene rings is 2. The standard InChI is InChI=1S/C50H73N15O12S2/c1-3-26(2)40-48(76)59-32(17-18-38(52)67)44(72)62-35(23-39(53)68)45(73)63-36(25-79-78-24-30(51)42(70)61-34(46(74)64-40)22-27-9-5-4-6-10-27)49(77)65-20-8-12-37(65)47(75)58-31(11-7-19-57-50(55)56)43(71)60-33(41(54)69)21-28-13-15-29(66)16-14-28/h4-6,9-10,13-16,26,30-37,40,66H,3,7-8,11-12,17-25,51H2,1-2H3,(H2,52,67)(H2,53,68)(H2,54,69)(H,58,75)(H,59,76)(H,60,71)(H,61,70)(H,62,72)(H,63,73)(H,64,74)(H4,55,56,57)/t26-,30-,31-,32?,33-,34-,35-,36-,37-,40-/m0/s1. The van der Waals surface area contributed by atoms with Crippen LogP contribution in [-0.2, 0) is 65.6 Å². The molecule has 2 aromatic carbocycles. The number of nitrogens with zero attached hydrogens (tertiary/aromatic N) is 2. The van der Waals surface area contributed by atoms with Crippen molar-refractivity contribution in [1.82, 2.24) is 42.1 Å². The van der Waals surface area contributed by atoms with Crippen LogP contribution < -0.4 is 71.6 Å². The zero-order chi connectivity index (χ0) is 58.3. The second kappa shape index (κ2) is 31.7. The molecule has 2 fully saturated rings. The highest BCUT2D eigenvalue weighted by molar-refractivity contribution is 8.76. The monoisotopic (exact) mass is 1140 g/mol. The van der Waals surface area contributed by atoms with Gasteiger partial charge in [-0.05, 0) is 61.3 Å². The predicted molar refractivity (Wildman–Crippen MR) is 294 cm³/mol. The summed E-state index contributed by atoms with van der Waals surface area (Å²) in [5, 5.41) is 27.9. The summed E-state index contributed by atoms with van der Waals surface area (Å²) in [5.74, 6) is -10.9.